The first kappa shape index (κ1) is 74.8. The van der Waals surface area contributed by atoms with Crippen LogP contribution in [0.25, 0.3) is 5.57 Å². The van der Waals surface area contributed by atoms with Crippen molar-refractivity contribution in [2.45, 2.75) is 42.9 Å². The second-order valence-corrected chi connectivity index (χ2v) is 23.6. The fourth-order valence-electron chi connectivity index (χ4n) is 8.49. The lowest BCUT2D eigenvalue weighted by molar-refractivity contribution is -0.138. The summed E-state index contributed by atoms with van der Waals surface area (Å²) in [6, 6.07) is 9.12. The number of phenols is 1. The zero-order valence-electron chi connectivity index (χ0n) is 48.8. The standard InChI is InChI=1S/C56H88N2O24S3/c1-4-8-47(50-13-11-48(45-53(50)59)57(17-7-44-84(65,66)67)18-21-73-26-29-77-34-37-81-40-39-79-32-31-75-24-23-71-3)9-5-10-54-56(2,16-6-43-83(62,63)64)51-46-49(85(68,69)70)12-14-52(51)58(54)19-22-74-27-30-78-35-38-82-42-41-80-36-33-76-28-25-72-20-15-55(60)61/h4-5,8-14,45-46,59H,1,6-7,15-44H2,2-3H3,(H,60,61)(H,62,63,64)(H,65,66,67)(H,68,69,70)/b9-5+,47-8-,54-10+. The number of carboxylic acid groups (broad SMARTS) is 1. The number of rotatable bonds is 53. The van der Waals surface area contributed by atoms with Gasteiger partial charge in [-0.15, -0.1) is 0 Å². The van der Waals surface area contributed by atoms with E-state index in [1.807, 2.05) is 9.80 Å². The zero-order chi connectivity index (χ0) is 62.2. The molecule has 2 aromatic rings. The molecule has 484 valence electrons. The Morgan fingerprint density at radius 2 is 1.08 bits per heavy atom. The van der Waals surface area contributed by atoms with Crippen LogP contribution in [0, 0.1) is 0 Å². The molecule has 0 spiro atoms. The Morgan fingerprint density at radius 1 is 0.612 bits per heavy atom. The lowest BCUT2D eigenvalue weighted by Crippen LogP contribution is -2.31. The Labute approximate surface area is 500 Å². The van der Waals surface area contributed by atoms with Crippen LogP contribution in [0.3, 0.4) is 0 Å². The van der Waals surface area contributed by atoms with Crippen LogP contribution in [0.2, 0.25) is 0 Å². The summed E-state index contributed by atoms with van der Waals surface area (Å²) in [4.78, 5) is 13.9. The predicted octanol–water partition coefficient (Wildman–Crippen LogP) is 4.48. The van der Waals surface area contributed by atoms with Crippen LogP contribution in [0.1, 0.15) is 43.7 Å². The molecule has 26 nitrogen and oxygen atoms in total. The first-order valence-corrected chi connectivity index (χ1v) is 32.5. The van der Waals surface area contributed by atoms with Gasteiger partial charge < -0.3 is 76.9 Å². The molecule has 1 aliphatic heterocycles. The minimum absolute atomic E-state index is 0.0217. The van der Waals surface area contributed by atoms with E-state index in [-0.39, 0.29) is 89.1 Å². The fraction of sp³-hybridized carbons (Fsp3) is 0.625. The van der Waals surface area contributed by atoms with E-state index in [9.17, 15) is 48.8 Å². The quantitative estimate of drug-likeness (QED) is 0.0346. The molecule has 1 heterocycles. The number of allylic oxidation sites excluding steroid dienone is 7. The van der Waals surface area contributed by atoms with Crippen LogP contribution in [0.15, 0.2) is 83.9 Å². The van der Waals surface area contributed by atoms with Crippen molar-refractivity contribution in [1.29, 1.82) is 0 Å². The summed E-state index contributed by atoms with van der Waals surface area (Å²) in [6.07, 6.45) is 8.52. The minimum Gasteiger partial charge on any atom is -0.507 e. The van der Waals surface area contributed by atoms with E-state index >= 15 is 0 Å². The molecule has 0 bridgehead atoms. The van der Waals surface area contributed by atoms with Crippen molar-refractivity contribution < 1.29 is 111 Å². The van der Waals surface area contributed by atoms with Crippen LogP contribution in [0.4, 0.5) is 11.4 Å². The molecular formula is C56H88N2O24S3. The number of aromatic hydroxyl groups is 1. The Kier molecular flexibility index (Phi) is 37.3. The summed E-state index contributed by atoms with van der Waals surface area (Å²) in [5, 5.41) is 20.2. The fourth-order valence-corrected chi connectivity index (χ4v) is 10.0. The second kappa shape index (κ2) is 42.4. The maximum absolute atomic E-state index is 12.5. The Bertz CT molecular complexity index is 2670. The van der Waals surface area contributed by atoms with E-state index in [4.69, 9.17) is 61.9 Å². The molecule has 0 fully saturated rings. The van der Waals surface area contributed by atoms with Crippen molar-refractivity contribution >= 4 is 53.3 Å². The molecule has 3 rings (SSSR count). The molecule has 5 N–H and O–H groups in total. The highest BCUT2D eigenvalue weighted by Crippen LogP contribution is 2.51. The van der Waals surface area contributed by atoms with Gasteiger partial charge in [0.2, 0.25) is 0 Å². The van der Waals surface area contributed by atoms with Gasteiger partial charge in [-0.25, -0.2) is 0 Å². The smallest absolute Gasteiger partial charge is 0.305 e. The molecule has 29 heteroatoms. The third-order valence-electron chi connectivity index (χ3n) is 12.6. The largest absolute Gasteiger partial charge is 0.507 e. The van der Waals surface area contributed by atoms with Gasteiger partial charge in [-0.2, -0.15) is 25.3 Å². The van der Waals surface area contributed by atoms with E-state index in [1.54, 1.807) is 56.5 Å². The Hall–Kier alpha value is -4.48. The number of hydrogen-bond acceptors (Lipinski definition) is 22. The molecule has 2 aromatic carbocycles. The van der Waals surface area contributed by atoms with E-state index in [0.717, 1.165) is 0 Å². The van der Waals surface area contributed by atoms with Gasteiger partial charge in [0.15, 0.2) is 0 Å². The number of phenolic OH excluding ortho intramolecular Hbond substituents is 1. The van der Waals surface area contributed by atoms with E-state index in [1.165, 1.54) is 24.3 Å². The molecule has 0 amide bonds. The molecular weight excluding hydrogens is 1180 g/mol. The Balaban J connectivity index is 1.67. The summed E-state index contributed by atoms with van der Waals surface area (Å²) >= 11 is 0. The van der Waals surface area contributed by atoms with E-state index < -0.39 is 53.2 Å². The number of benzene rings is 2. The number of nitrogens with zero attached hydrogens (tertiary/aromatic N) is 2. The van der Waals surface area contributed by atoms with Gasteiger partial charge in [0.05, 0.1) is 175 Å². The summed E-state index contributed by atoms with van der Waals surface area (Å²) in [5.74, 6) is -2.10. The average molecular weight is 1270 g/mol. The van der Waals surface area contributed by atoms with Crippen LogP contribution in [0.5, 0.6) is 5.75 Å². The van der Waals surface area contributed by atoms with Crippen molar-refractivity contribution in [2.75, 3.05) is 200 Å². The van der Waals surface area contributed by atoms with Gasteiger partial charge in [0.25, 0.3) is 30.4 Å². The van der Waals surface area contributed by atoms with E-state index in [2.05, 4.69) is 6.58 Å². The molecule has 1 aliphatic rings. The van der Waals surface area contributed by atoms with Gasteiger partial charge >= 0.3 is 5.97 Å². The first-order valence-electron chi connectivity index (χ1n) is 27.9. The normalized spacial score (nSPS) is 15.4. The van der Waals surface area contributed by atoms with E-state index in [0.29, 0.717) is 153 Å². The highest BCUT2D eigenvalue weighted by atomic mass is 32.2. The number of hydrogen-bond donors (Lipinski definition) is 5. The predicted molar refractivity (Wildman–Crippen MR) is 316 cm³/mol. The third kappa shape index (κ3) is 32.4. The Morgan fingerprint density at radius 3 is 1.54 bits per heavy atom. The molecule has 1 unspecified atom stereocenters. The molecule has 0 radical (unpaired) electrons. The zero-order valence-corrected chi connectivity index (χ0v) is 51.2. The van der Waals surface area contributed by atoms with Crippen molar-refractivity contribution in [1.82, 2.24) is 0 Å². The molecule has 85 heavy (non-hydrogen) atoms. The van der Waals surface area contributed by atoms with Gasteiger partial charge in [0, 0.05) is 60.9 Å². The van der Waals surface area contributed by atoms with Gasteiger partial charge in [0.1, 0.15) is 5.75 Å². The number of carbonyl (C=O) groups is 1. The second-order valence-electron chi connectivity index (χ2n) is 19.0. The number of aliphatic carboxylic acids is 1. The highest BCUT2D eigenvalue weighted by molar-refractivity contribution is 7.86. The first-order chi connectivity index (χ1) is 40.7. The lowest BCUT2D eigenvalue weighted by Gasteiger charge is -2.30. The maximum atomic E-state index is 12.5. The van der Waals surface area contributed by atoms with Gasteiger partial charge in [-0.05, 0) is 73.7 Å². The number of ether oxygens (including phenoxy) is 12. The van der Waals surface area contributed by atoms with Crippen molar-refractivity contribution in [3.05, 3.63) is 90.2 Å². The van der Waals surface area contributed by atoms with Crippen LogP contribution in [-0.4, -0.2) is 245 Å². The van der Waals surface area contributed by atoms with Gasteiger partial charge in [-0.3, -0.25) is 18.5 Å². The minimum atomic E-state index is -4.67. The monoisotopic (exact) mass is 1270 g/mol. The number of fused-ring (bicyclic) bond motifs is 1. The number of anilines is 2. The molecule has 0 saturated heterocycles. The highest BCUT2D eigenvalue weighted by Gasteiger charge is 2.44. The molecule has 0 aromatic heterocycles. The van der Waals surface area contributed by atoms with Crippen molar-refractivity contribution in [3.8, 4) is 5.75 Å². The summed E-state index contributed by atoms with van der Waals surface area (Å²) < 4.78 is 167. The number of methoxy groups -OCH3 is 1. The average Bonchev–Trinajstić information content (AvgIpc) is 1.77. The maximum Gasteiger partial charge on any atom is 0.305 e. The summed E-state index contributed by atoms with van der Waals surface area (Å²) in [5.41, 5.74) is 2.02. The molecule has 1 atom stereocenters. The summed E-state index contributed by atoms with van der Waals surface area (Å²) in [7, 11) is -11.7. The third-order valence-corrected chi connectivity index (χ3v) is 15.1. The SMILES string of the molecule is C=C/C=C(/C=C/C=C1/N(CCOCCOCCOCCOCCOCCOCCC(=O)O)c2ccc(S(=O)(=O)O)cc2C1(C)CCCS(=O)(=O)O)c1ccc(N(CCCS(=O)(=O)O)CCOCCOCCOCCOCCOCCOC)cc1O. The molecule has 0 saturated carbocycles. The summed E-state index contributed by atoms with van der Waals surface area (Å²) in [6.45, 7) is 14.1. The van der Waals surface area contributed by atoms with Crippen LogP contribution >= 0.6 is 0 Å². The number of carboxylic acids is 1. The van der Waals surface area contributed by atoms with Crippen molar-refractivity contribution in [2.24, 2.45) is 0 Å². The topological polar surface area (TPSA) is 338 Å². The lowest BCUT2D eigenvalue weighted by atomic mass is 9.77. The van der Waals surface area contributed by atoms with Crippen molar-refractivity contribution in [3.63, 3.8) is 0 Å². The van der Waals surface area contributed by atoms with Gasteiger partial charge in [-0.1, -0.05) is 30.9 Å². The van der Waals surface area contributed by atoms with Crippen LogP contribution in [-0.2, 0) is 97.4 Å². The molecule has 0 aliphatic carbocycles. The van der Waals surface area contributed by atoms with Crippen LogP contribution < -0.4 is 9.80 Å².